The summed E-state index contributed by atoms with van der Waals surface area (Å²) in [5, 5.41) is 14.7. The van der Waals surface area contributed by atoms with Crippen LogP contribution < -0.4 is 5.73 Å². The molecule has 0 fully saturated rings. The fraction of sp³-hybridized carbons (Fsp3) is 0. The van der Waals surface area contributed by atoms with Gasteiger partial charge in [0.05, 0.1) is 15.4 Å². The first-order chi connectivity index (χ1) is 9.66. The summed E-state index contributed by atoms with van der Waals surface area (Å²) in [6, 6.07) is 6.61. The van der Waals surface area contributed by atoms with Crippen molar-refractivity contribution < 1.29 is 9.45 Å². The monoisotopic (exact) mass is 288 g/mol. The Bertz CT molecular complexity index is 766. The molecule has 0 aliphatic carbocycles. The van der Waals surface area contributed by atoms with Crippen molar-refractivity contribution in [3.05, 3.63) is 46.8 Å². The number of thiophene rings is 1. The van der Waals surface area contributed by atoms with Gasteiger partial charge in [-0.2, -0.15) is 0 Å². The van der Waals surface area contributed by atoms with Gasteiger partial charge in [0.25, 0.3) is 0 Å². The largest absolute Gasteiger partial charge is 0.367 e. The molecule has 0 atom stereocenters. The van der Waals surface area contributed by atoms with E-state index in [1.807, 2.05) is 0 Å². The lowest BCUT2D eigenvalue weighted by Gasteiger charge is -1.99. The molecule has 0 saturated carbocycles. The Balaban J connectivity index is 2.13. The molecule has 3 rings (SSSR count). The lowest BCUT2D eigenvalue weighted by molar-refractivity contribution is -0.380. The maximum Gasteiger partial charge on any atom is 0.324 e. The van der Waals surface area contributed by atoms with E-state index in [9.17, 15) is 10.1 Å². The van der Waals surface area contributed by atoms with Crippen LogP contribution in [0.4, 0.5) is 10.9 Å². The molecule has 0 radical (unpaired) electrons. The first-order valence-corrected chi connectivity index (χ1v) is 6.38. The third-order valence-electron chi connectivity index (χ3n) is 2.69. The van der Waals surface area contributed by atoms with E-state index in [0.717, 1.165) is 16.9 Å². The van der Waals surface area contributed by atoms with Crippen LogP contribution in [-0.4, -0.2) is 15.1 Å². The molecule has 0 aromatic carbocycles. The molecular weight excluding hydrogens is 280 g/mol. The van der Waals surface area contributed by atoms with Gasteiger partial charge < -0.3 is 10.3 Å². The molecule has 3 heterocycles. The Hall–Kier alpha value is -2.74. The average molecular weight is 288 g/mol. The van der Waals surface area contributed by atoms with Gasteiger partial charge in [-0.25, -0.2) is 0 Å². The van der Waals surface area contributed by atoms with Crippen LogP contribution in [0.3, 0.4) is 0 Å². The lowest BCUT2D eigenvalue weighted by atomic mass is 10.1. The van der Waals surface area contributed by atoms with Gasteiger partial charge in [0, 0.05) is 18.5 Å². The average Bonchev–Trinajstić information content (AvgIpc) is 3.06. The molecular formula is C12H8N4O3S. The molecule has 100 valence electrons. The number of aromatic nitrogens is 2. The fourth-order valence-corrected chi connectivity index (χ4v) is 2.63. The van der Waals surface area contributed by atoms with Gasteiger partial charge in [0.2, 0.25) is 5.88 Å². The van der Waals surface area contributed by atoms with Crippen molar-refractivity contribution in [1.82, 2.24) is 10.1 Å². The van der Waals surface area contributed by atoms with Crippen LogP contribution in [0.1, 0.15) is 0 Å². The molecule has 0 aliphatic rings. The molecule has 0 bridgehead atoms. The van der Waals surface area contributed by atoms with Crippen molar-refractivity contribution in [1.29, 1.82) is 0 Å². The predicted octanol–water partition coefficient (Wildman–Crippen LogP) is 2.96. The molecule has 8 heteroatoms. The normalized spacial score (nSPS) is 10.6. The molecule has 0 saturated heterocycles. The van der Waals surface area contributed by atoms with Crippen LogP contribution in [0.25, 0.3) is 21.7 Å². The SMILES string of the molecule is Nc1onc(-c2ccc([N+](=O)[O-])s2)c1-c1ccncc1. The van der Waals surface area contributed by atoms with Crippen LogP contribution in [0, 0.1) is 10.1 Å². The highest BCUT2D eigenvalue weighted by Crippen LogP contribution is 2.40. The zero-order valence-corrected chi connectivity index (χ0v) is 10.8. The quantitative estimate of drug-likeness (QED) is 0.586. The molecule has 0 amide bonds. The summed E-state index contributed by atoms with van der Waals surface area (Å²) >= 11 is 1.02. The van der Waals surface area contributed by atoms with Crippen LogP contribution in [0.5, 0.6) is 0 Å². The second kappa shape index (κ2) is 4.74. The Morgan fingerprint density at radius 2 is 2.00 bits per heavy atom. The second-order valence-corrected chi connectivity index (χ2v) is 4.96. The summed E-state index contributed by atoms with van der Waals surface area (Å²) in [7, 11) is 0. The number of nitrogens with two attached hydrogens (primary N) is 1. The van der Waals surface area contributed by atoms with Crippen LogP contribution in [0.2, 0.25) is 0 Å². The number of rotatable bonds is 3. The van der Waals surface area contributed by atoms with Crippen molar-refractivity contribution in [3.8, 4) is 21.7 Å². The molecule has 0 unspecified atom stereocenters. The van der Waals surface area contributed by atoms with Gasteiger partial charge in [-0.15, -0.1) is 0 Å². The van der Waals surface area contributed by atoms with E-state index >= 15 is 0 Å². The van der Waals surface area contributed by atoms with Crippen molar-refractivity contribution in [3.63, 3.8) is 0 Å². The van der Waals surface area contributed by atoms with E-state index in [4.69, 9.17) is 10.3 Å². The van der Waals surface area contributed by atoms with Crippen LogP contribution in [0.15, 0.2) is 41.2 Å². The van der Waals surface area contributed by atoms with Gasteiger partial charge in [0.1, 0.15) is 5.69 Å². The van der Waals surface area contributed by atoms with E-state index in [2.05, 4.69) is 10.1 Å². The van der Waals surface area contributed by atoms with E-state index < -0.39 is 4.92 Å². The summed E-state index contributed by atoms with van der Waals surface area (Å²) in [5.41, 5.74) is 7.70. The molecule has 0 aliphatic heterocycles. The first-order valence-electron chi connectivity index (χ1n) is 5.57. The van der Waals surface area contributed by atoms with Crippen molar-refractivity contribution >= 4 is 22.2 Å². The molecule has 3 aromatic rings. The summed E-state index contributed by atoms with van der Waals surface area (Å²) in [6.07, 6.45) is 3.25. The van der Waals surface area contributed by atoms with Gasteiger partial charge >= 0.3 is 5.00 Å². The first kappa shape index (κ1) is 12.3. The molecule has 7 nitrogen and oxygen atoms in total. The number of hydrogen-bond donors (Lipinski definition) is 1. The van der Waals surface area contributed by atoms with E-state index in [-0.39, 0.29) is 10.9 Å². The second-order valence-electron chi connectivity index (χ2n) is 3.90. The Labute approximate surface area is 116 Å². The van der Waals surface area contributed by atoms with Crippen LogP contribution >= 0.6 is 11.3 Å². The maximum atomic E-state index is 10.7. The zero-order valence-electron chi connectivity index (χ0n) is 10.0. The maximum absolute atomic E-state index is 10.7. The summed E-state index contributed by atoms with van der Waals surface area (Å²) < 4.78 is 5.02. The number of hydrogen-bond acceptors (Lipinski definition) is 7. The Kier molecular flexibility index (Phi) is 2.92. The minimum Gasteiger partial charge on any atom is -0.367 e. The van der Waals surface area contributed by atoms with Gasteiger partial charge in [0.15, 0.2) is 0 Å². The van der Waals surface area contributed by atoms with Crippen molar-refractivity contribution in [2.24, 2.45) is 0 Å². The number of nitrogen functional groups attached to an aromatic ring is 1. The summed E-state index contributed by atoms with van der Waals surface area (Å²) in [4.78, 5) is 14.9. The summed E-state index contributed by atoms with van der Waals surface area (Å²) in [6.45, 7) is 0. The molecule has 0 spiro atoms. The van der Waals surface area contributed by atoms with E-state index in [1.165, 1.54) is 6.07 Å². The third-order valence-corrected chi connectivity index (χ3v) is 3.74. The third kappa shape index (κ3) is 2.01. The minimum atomic E-state index is -0.441. The number of pyridine rings is 1. The summed E-state index contributed by atoms with van der Waals surface area (Å²) in [5.74, 6) is 0.169. The molecule has 20 heavy (non-hydrogen) atoms. The van der Waals surface area contributed by atoms with E-state index in [0.29, 0.717) is 16.1 Å². The Morgan fingerprint density at radius 3 is 2.65 bits per heavy atom. The predicted molar refractivity (Wildman–Crippen MR) is 74.1 cm³/mol. The molecule has 3 aromatic heterocycles. The van der Waals surface area contributed by atoms with Gasteiger partial charge in [-0.3, -0.25) is 15.1 Å². The van der Waals surface area contributed by atoms with Crippen molar-refractivity contribution in [2.45, 2.75) is 0 Å². The number of nitrogens with zero attached hydrogens (tertiary/aromatic N) is 3. The standard InChI is InChI=1S/C12H8N4O3S/c13-12-10(7-3-5-14-6-4-7)11(15-19-12)8-1-2-9(20-8)16(17)18/h1-6H,13H2. The van der Waals surface area contributed by atoms with Gasteiger partial charge in [-0.05, 0) is 23.8 Å². The van der Waals surface area contributed by atoms with E-state index in [1.54, 1.807) is 30.6 Å². The zero-order chi connectivity index (χ0) is 14.1. The van der Waals surface area contributed by atoms with Crippen LogP contribution in [-0.2, 0) is 0 Å². The lowest BCUT2D eigenvalue weighted by Crippen LogP contribution is -1.86. The minimum absolute atomic E-state index is 0.0437. The van der Waals surface area contributed by atoms with Crippen molar-refractivity contribution in [2.75, 3.05) is 5.73 Å². The molecule has 2 N–H and O–H groups in total. The highest BCUT2D eigenvalue weighted by Gasteiger charge is 2.21. The highest BCUT2D eigenvalue weighted by atomic mass is 32.1. The fourth-order valence-electron chi connectivity index (χ4n) is 1.82. The topological polar surface area (TPSA) is 108 Å². The highest BCUT2D eigenvalue weighted by molar-refractivity contribution is 7.18. The Morgan fingerprint density at radius 1 is 1.25 bits per heavy atom. The smallest absolute Gasteiger partial charge is 0.324 e. The van der Waals surface area contributed by atoms with Gasteiger partial charge in [-0.1, -0.05) is 16.5 Å². The number of anilines is 1. The number of nitro groups is 1.